The van der Waals surface area contributed by atoms with E-state index >= 15 is 0 Å². The van der Waals surface area contributed by atoms with Gasteiger partial charge in [0.05, 0.1) is 11.3 Å². The minimum absolute atomic E-state index is 0.0484. The van der Waals surface area contributed by atoms with Crippen LogP contribution in [0.2, 0.25) is 0 Å². The first-order valence-electron chi connectivity index (χ1n) is 6.06. The molecule has 0 aliphatic carbocycles. The van der Waals surface area contributed by atoms with Crippen molar-refractivity contribution in [1.29, 1.82) is 0 Å². The fraction of sp³-hybridized carbons (Fsp3) is 0.143. The molecule has 1 N–H and O–H groups in total. The normalized spacial score (nSPS) is 11.3. The second-order valence-electron chi connectivity index (χ2n) is 4.22. The van der Waals surface area contributed by atoms with E-state index in [0.29, 0.717) is 17.4 Å². The van der Waals surface area contributed by atoms with E-state index < -0.39 is 17.8 Å². The molecule has 0 aliphatic heterocycles. The van der Waals surface area contributed by atoms with E-state index in [-0.39, 0.29) is 10.6 Å². The maximum absolute atomic E-state index is 12.3. The van der Waals surface area contributed by atoms with Gasteiger partial charge < -0.3 is 5.32 Å². The maximum Gasteiger partial charge on any atom is 0.398 e. The Bertz CT molecular complexity index is 679. The molecule has 0 atom stereocenters. The van der Waals surface area contributed by atoms with Crippen LogP contribution in [0.4, 0.5) is 18.9 Å². The number of thioether (sulfide) groups is 1. The fourth-order valence-electron chi connectivity index (χ4n) is 1.59. The van der Waals surface area contributed by atoms with Gasteiger partial charge in [0.25, 0.3) is 5.91 Å². The van der Waals surface area contributed by atoms with Crippen molar-refractivity contribution in [3.63, 3.8) is 0 Å². The smallest absolute Gasteiger partial charge is 0.322 e. The van der Waals surface area contributed by atoms with Crippen molar-refractivity contribution in [2.24, 2.45) is 0 Å². The van der Waals surface area contributed by atoms with Crippen LogP contribution in [0.1, 0.15) is 10.4 Å². The Morgan fingerprint density at radius 2 is 2.05 bits per heavy atom. The third-order valence-electron chi connectivity index (χ3n) is 2.47. The number of nitrogens with one attached hydrogen (secondary N) is 1. The Labute approximate surface area is 137 Å². The van der Waals surface area contributed by atoms with Crippen molar-refractivity contribution < 1.29 is 18.0 Å². The lowest BCUT2D eigenvalue weighted by molar-refractivity contribution is -0.105. The SMILES string of the molecule is O=C(Nc1cccc(Br)c1)c1cccnc1SCC(F)(F)F. The van der Waals surface area contributed by atoms with Crippen LogP contribution >= 0.6 is 27.7 Å². The van der Waals surface area contributed by atoms with Crippen LogP contribution < -0.4 is 5.32 Å². The van der Waals surface area contributed by atoms with Crippen LogP contribution in [0.5, 0.6) is 0 Å². The number of benzene rings is 1. The molecule has 0 fully saturated rings. The standard InChI is InChI=1S/C14H10BrF3N2OS/c15-9-3-1-4-10(7-9)20-12(21)11-5-2-6-19-13(11)22-8-14(16,17)18/h1-7H,8H2,(H,20,21). The molecule has 0 spiro atoms. The van der Waals surface area contributed by atoms with Crippen LogP contribution in [0.15, 0.2) is 52.1 Å². The fourth-order valence-corrected chi connectivity index (χ4v) is 2.74. The average Bonchev–Trinajstić information content (AvgIpc) is 2.44. The highest BCUT2D eigenvalue weighted by Crippen LogP contribution is 2.28. The molecule has 1 heterocycles. The summed E-state index contributed by atoms with van der Waals surface area (Å²) < 4.78 is 37.7. The minimum Gasteiger partial charge on any atom is -0.322 e. The van der Waals surface area contributed by atoms with Gasteiger partial charge in [-0.05, 0) is 30.3 Å². The van der Waals surface area contributed by atoms with Crippen molar-refractivity contribution in [3.05, 3.63) is 52.6 Å². The molecule has 1 aromatic heterocycles. The maximum atomic E-state index is 12.3. The number of pyridine rings is 1. The largest absolute Gasteiger partial charge is 0.398 e. The Kier molecular flexibility index (Phi) is 5.47. The summed E-state index contributed by atoms with van der Waals surface area (Å²) in [7, 11) is 0. The zero-order chi connectivity index (χ0) is 16.2. The number of anilines is 1. The molecule has 0 bridgehead atoms. The zero-order valence-electron chi connectivity index (χ0n) is 11.0. The van der Waals surface area contributed by atoms with Gasteiger partial charge in [-0.3, -0.25) is 4.79 Å². The number of hydrogen-bond donors (Lipinski definition) is 1. The highest BCUT2D eigenvalue weighted by molar-refractivity contribution is 9.10. The van der Waals surface area contributed by atoms with Gasteiger partial charge in [-0.2, -0.15) is 13.2 Å². The number of halogens is 4. The quantitative estimate of drug-likeness (QED) is 0.765. The predicted octanol–water partition coefficient (Wildman–Crippen LogP) is 4.75. The number of rotatable bonds is 4. The monoisotopic (exact) mass is 390 g/mol. The summed E-state index contributed by atoms with van der Waals surface area (Å²) in [4.78, 5) is 16.1. The summed E-state index contributed by atoms with van der Waals surface area (Å²) in [6, 6.07) is 9.86. The molecule has 8 heteroatoms. The number of alkyl halides is 3. The third-order valence-corrected chi connectivity index (χ3v) is 4.03. The summed E-state index contributed by atoms with van der Waals surface area (Å²) in [5.74, 6) is -1.60. The van der Waals surface area contributed by atoms with Crippen LogP contribution in [-0.4, -0.2) is 22.8 Å². The van der Waals surface area contributed by atoms with Crippen molar-refractivity contribution >= 4 is 39.3 Å². The molecule has 0 unspecified atom stereocenters. The number of aromatic nitrogens is 1. The number of carbonyl (C=O) groups is 1. The van der Waals surface area contributed by atoms with E-state index in [1.165, 1.54) is 18.3 Å². The van der Waals surface area contributed by atoms with E-state index in [1.54, 1.807) is 24.3 Å². The van der Waals surface area contributed by atoms with Crippen LogP contribution in [-0.2, 0) is 0 Å². The lowest BCUT2D eigenvalue weighted by Gasteiger charge is -2.10. The molecule has 2 rings (SSSR count). The first-order valence-corrected chi connectivity index (χ1v) is 7.84. The second-order valence-corrected chi connectivity index (χ2v) is 6.10. The number of nitrogens with zero attached hydrogens (tertiary/aromatic N) is 1. The average molecular weight is 391 g/mol. The first kappa shape index (κ1) is 16.8. The van der Waals surface area contributed by atoms with E-state index in [2.05, 4.69) is 26.2 Å². The topological polar surface area (TPSA) is 42.0 Å². The molecule has 2 aromatic rings. The summed E-state index contributed by atoms with van der Waals surface area (Å²) in [5, 5.41) is 2.68. The molecule has 22 heavy (non-hydrogen) atoms. The summed E-state index contributed by atoms with van der Waals surface area (Å²) in [6.45, 7) is 0. The minimum atomic E-state index is -4.32. The molecule has 116 valence electrons. The molecule has 3 nitrogen and oxygen atoms in total. The summed E-state index contributed by atoms with van der Waals surface area (Å²) >= 11 is 3.77. The van der Waals surface area contributed by atoms with Gasteiger partial charge in [0, 0.05) is 16.4 Å². The Morgan fingerprint density at radius 1 is 1.27 bits per heavy atom. The molecule has 1 amide bonds. The predicted molar refractivity (Wildman–Crippen MR) is 83.1 cm³/mol. The van der Waals surface area contributed by atoms with Crippen molar-refractivity contribution in [2.45, 2.75) is 11.2 Å². The van der Waals surface area contributed by atoms with Gasteiger partial charge in [-0.25, -0.2) is 4.98 Å². The second kappa shape index (κ2) is 7.15. The number of carbonyl (C=O) groups excluding carboxylic acids is 1. The molecule has 1 aromatic carbocycles. The Balaban J connectivity index is 2.15. The van der Waals surface area contributed by atoms with E-state index in [1.807, 2.05) is 0 Å². The third kappa shape index (κ3) is 5.03. The van der Waals surface area contributed by atoms with Crippen molar-refractivity contribution in [1.82, 2.24) is 4.98 Å². The van der Waals surface area contributed by atoms with Gasteiger partial charge in [-0.15, -0.1) is 0 Å². The van der Waals surface area contributed by atoms with Gasteiger partial charge in [0.2, 0.25) is 0 Å². The van der Waals surface area contributed by atoms with Crippen LogP contribution in [0.3, 0.4) is 0 Å². The Hall–Kier alpha value is -1.54. The van der Waals surface area contributed by atoms with Crippen LogP contribution in [0, 0.1) is 0 Å². The lowest BCUT2D eigenvalue weighted by Crippen LogP contribution is -2.15. The highest BCUT2D eigenvalue weighted by Gasteiger charge is 2.28. The molecule has 0 saturated carbocycles. The Morgan fingerprint density at radius 3 is 2.73 bits per heavy atom. The van der Waals surface area contributed by atoms with Gasteiger partial charge in [0.1, 0.15) is 5.03 Å². The van der Waals surface area contributed by atoms with Crippen molar-refractivity contribution in [3.8, 4) is 0 Å². The van der Waals surface area contributed by atoms with E-state index in [4.69, 9.17) is 0 Å². The van der Waals surface area contributed by atoms with Crippen LogP contribution in [0.25, 0.3) is 0 Å². The van der Waals surface area contributed by atoms with Gasteiger partial charge in [0.15, 0.2) is 0 Å². The first-order chi connectivity index (χ1) is 10.3. The molecule has 0 radical (unpaired) electrons. The van der Waals surface area contributed by atoms with E-state index in [9.17, 15) is 18.0 Å². The van der Waals surface area contributed by atoms with Crippen molar-refractivity contribution in [2.75, 3.05) is 11.1 Å². The summed E-state index contributed by atoms with van der Waals surface area (Å²) in [6.07, 6.45) is -2.96. The molecular formula is C14H10BrF3N2OS. The zero-order valence-corrected chi connectivity index (χ0v) is 13.4. The summed E-state index contributed by atoms with van der Waals surface area (Å²) in [5.41, 5.74) is 0.645. The molecule has 0 saturated heterocycles. The van der Waals surface area contributed by atoms with Gasteiger partial charge >= 0.3 is 6.18 Å². The highest BCUT2D eigenvalue weighted by atomic mass is 79.9. The van der Waals surface area contributed by atoms with E-state index in [0.717, 1.165) is 4.47 Å². The van der Waals surface area contributed by atoms with Gasteiger partial charge in [-0.1, -0.05) is 33.8 Å². The number of hydrogen-bond acceptors (Lipinski definition) is 3. The number of amides is 1. The molecular weight excluding hydrogens is 381 g/mol. The molecule has 0 aliphatic rings. The lowest BCUT2D eigenvalue weighted by atomic mass is 10.2.